The van der Waals surface area contributed by atoms with Crippen molar-refractivity contribution in [3.05, 3.63) is 0 Å². The summed E-state index contributed by atoms with van der Waals surface area (Å²) in [6.07, 6.45) is 1.23. The minimum atomic E-state index is -0.0434. The Morgan fingerprint density at radius 3 is 2.40 bits per heavy atom. The quantitative estimate of drug-likeness (QED) is 0.654. The van der Waals surface area contributed by atoms with Crippen LogP contribution in [-0.2, 0) is 9.59 Å². The Morgan fingerprint density at radius 1 is 1.27 bits per heavy atom. The summed E-state index contributed by atoms with van der Waals surface area (Å²) < 4.78 is 0. The SMILES string of the molecule is CC(=O)CC(=O)N1CC(C)CC(C)C1C. The van der Waals surface area contributed by atoms with Crippen LogP contribution in [0, 0.1) is 11.8 Å². The zero-order valence-electron chi connectivity index (χ0n) is 10.1. The highest BCUT2D eigenvalue weighted by Crippen LogP contribution is 2.27. The van der Waals surface area contributed by atoms with Crippen molar-refractivity contribution in [3.63, 3.8) is 0 Å². The molecule has 1 heterocycles. The van der Waals surface area contributed by atoms with Gasteiger partial charge in [-0.3, -0.25) is 9.59 Å². The second kappa shape index (κ2) is 4.77. The Morgan fingerprint density at radius 2 is 1.87 bits per heavy atom. The van der Waals surface area contributed by atoms with Gasteiger partial charge in [0.25, 0.3) is 0 Å². The van der Waals surface area contributed by atoms with Crippen LogP contribution in [0.1, 0.15) is 40.5 Å². The molecule has 0 aromatic carbocycles. The van der Waals surface area contributed by atoms with Gasteiger partial charge in [0.2, 0.25) is 5.91 Å². The van der Waals surface area contributed by atoms with Crippen LogP contribution in [0.25, 0.3) is 0 Å². The van der Waals surface area contributed by atoms with Gasteiger partial charge in [0.1, 0.15) is 5.78 Å². The van der Waals surface area contributed by atoms with E-state index < -0.39 is 0 Å². The Kier molecular flexibility index (Phi) is 3.89. The van der Waals surface area contributed by atoms with E-state index in [0.717, 1.165) is 6.54 Å². The average molecular weight is 211 g/mol. The van der Waals surface area contributed by atoms with Crippen molar-refractivity contribution >= 4 is 11.7 Å². The van der Waals surface area contributed by atoms with Gasteiger partial charge in [-0.2, -0.15) is 0 Å². The van der Waals surface area contributed by atoms with Gasteiger partial charge in [-0.25, -0.2) is 0 Å². The molecule has 0 aliphatic carbocycles. The molecule has 1 amide bonds. The van der Waals surface area contributed by atoms with Gasteiger partial charge >= 0.3 is 0 Å². The van der Waals surface area contributed by atoms with Crippen molar-refractivity contribution in [1.82, 2.24) is 4.90 Å². The predicted octanol–water partition coefficient (Wildman–Crippen LogP) is 1.86. The lowest BCUT2D eigenvalue weighted by Gasteiger charge is -2.41. The highest BCUT2D eigenvalue weighted by molar-refractivity contribution is 5.96. The third-order valence-corrected chi connectivity index (χ3v) is 3.32. The highest BCUT2D eigenvalue weighted by atomic mass is 16.2. The van der Waals surface area contributed by atoms with E-state index in [1.165, 1.54) is 13.3 Å². The first-order valence-corrected chi connectivity index (χ1v) is 5.70. The van der Waals surface area contributed by atoms with Gasteiger partial charge in [0.05, 0.1) is 6.42 Å². The van der Waals surface area contributed by atoms with Crippen molar-refractivity contribution in [2.24, 2.45) is 11.8 Å². The molecule has 3 nitrogen and oxygen atoms in total. The number of carbonyl (C=O) groups is 2. The summed E-state index contributed by atoms with van der Waals surface area (Å²) in [4.78, 5) is 24.6. The second-order valence-corrected chi connectivity index (χ2v) is 4.98. The first kappa shape index (κ1) is 12.2. The summed E-state index contributed by atoms with van der Waals surface area (Å²) in [5.74, 6) is 1.03. The molecule has 3 unspecified atom stereocenters. The molecule has 0 aromatic heterocycles. The van der Waals surface area contributed by atoms with E-state index in [1.54, 1.807) is 0 Å². The third-order valence-electron chi connectivity index (χ3n) is 3.32. The van der Waals surface area contributed by atoms with E-state index in [4.69, 9.17) is 0 Å². The third kappa shape index (κ3) is 3.05. The number of hydrogen-bond acceptors (Lipinski definition) is 2. The first-order chi connectivity index (χ1) is 6.91. The van der Waals surface area contributed by atoms with Crippen molar-refractivity contribution < 1.29 is 9.59 Å². The molecule has 1 saturated heterocycles. The van der Waals surface area contributed by atoms with E-state index >= 15 is 0 Å². The fraction of sp³-hybridized carbons (Fsp3) is 0.833. The number of Topliss-reactive ketones (excluding diaryl/α,β-unsaturated/α-hetero) is 1. The largest absolute Gasteiger partial charge is 0.339 e. The van der Waals surface area contributed by atoms with Gasteiger partial charge in [0.15, 0.2) is 0 Å². The molecule has 0 radical (unpaired) electrons. The highest BCUT2D eigenvalue weighted by Gasteiger charge is 2.31. The van der Waals surface area contributed by atoms with Crippen LogP contribution in [0.15, 0.2) is 0 Å². The number of nitrogens with zero attached hydrogens (tertiary/aromatic N) is 1. The number of likely N-dealkylation sites (tertiary alicyclic amines) is 1. The van der Waals surface area contributed by atoms with Crippen molar-refractivity contribution in [2.45, 2.75) is 46.6 Å². The maximum absolute atomic E-state index is 11.8. The summed E-state index contributed by atoms with van der Waals surface area (Å²) in [5.41, 5.74) is 0. The van der Waals surface area contributed by atoms with Crippen LogP contribution in [-0.4, -0.2) is 29.2 Å². The Hall–Kier alpha value is -0.860. The molecule has 15 heavy (non-hydrogen) atoms. The molecule has 0 spiro atoms. The standard InChI is InChI=1S/C12H21NO2/c1-8-5-9(2)11(4)13(7-8)12(15)6-10(3)14/h8-9,11H,5-7H2,1-4H3. The lowest BCUT2D eigenvalue weighted by atomic mass is 9.86. The van der Waals surface area contributed by atoms with Crippen molar-refractivity contribution in [3.8, 4) is 0 Å². The van der Waals surface area contributed by atoms with Crippen LogP contribution in [0.2, 0.25) is 0 Å². The minimum absolute atomic E-state index is 0.00611. The molecule has 0 N–H and O–H groups in total. The number of piperidine rings is 1. The molecular weight excluding hydrogens is 190 g/mol. The zero-order valence-corrected chi connectivity index (χ0v) is 10.1. The average Bonchev–Trinajstić information content (AvgIpc) is 2.09. The fourth-order valence-corrected chi connectivity index (χ4v) is 2.36. The van der Waals surface area contributed by atoms with Crippen LogP contribution >= 0.6 is 0 Å². The lowest BCUT2D eigenvalue weighted by Crippen LogP contribution is -2.49. The van der Waals surface area contributed by atoms with Crippen LogP contribution in [0.4, 0.5) is 0 Å². The van der Waals surface area contributed by atoms with Gasteiger partial charge in [0, 0.05) is 12.6 Å². The molecule has 86 valence electrons. The molecule has 1 rings (SSSR count). The number of rotatable bonds is 2. The van der Waals surface area contributed by atoms with Crippen LogP contribution < -0.4 is 0 Å². The Labute approximate surface area is 91.8 Å². The van der Waals surface area contributed by atoms with Crippen LogP contribution in [0.3, 0.4) is 0 Å². The molecule has 1 fully saturated rings. The number of ketones is 1. The molecule has 3 heteroatoms. The van der Waals surface area contributed by atoms with Crippen molar-refractivity contribution in [1.29, 1.82) is 0 Å². The predicted molar refractivity (Wildman–Crippen MR) is 59.4 cm³/mol. The summed E-state index contributed by atoms with van der Waals surface area (Å²) in [7, 11) is 0. The summed E-state index contributed by atoms with van der Waals surface area (Å²) in [6, 6.07) is 0.271. The molecule has 0 bridgehead atoms. The van der Waals surface area contributed by atoms with E-state index in [-0.39, 0.29) is 24.2 Å². The summed E-state index contributed by atoms with van der Waals surface area (Å²) in [5, 5.41) is 0. The number of hydrogen-bond donors (Lipinski definition) is 0. The molecular formula is C12H21NO2. The van der Waals surface area contributed by atoms with Gasteiger partial charge in [-0.1, -0.05) is 13.8 Å². The Bertz CT molecular complexity index is 262. The van der Waals surface area contributed by atoms with Gasteiger partial charge in [-0.05, 0) is 32.1 Å². The maximum Gasteiger partial charge on any atom is 0.230 e. The van der Waals surface area contributed by atoms with Gasteiger partial charge < -0.3 is 4.90 Å². The summed E-state index contributed by atoms with van der Waals surface area (Å²) >= 11 is 0. The molecule has 1 aliphatic rings. The van der Waals surface area contributed by atoms with E-state index in [2.05, 4.69) is 20.8 Å². The molecule has 1 aliphatic heterocycles. The summed E-state index contributed by atoms with van der Waals surface area (Å²) in [6.45, 7) is 8.69. The topological polar surface area (TPSA) is 37.4 Å². The zero-order chi connectivity index (χ0) is 11.6. The minimum Gasteiger partial charge on any atom is -0.339 e. The number of carbonyl (C=O) groups excluding carboxylic acids is 2. The second-order valence-electron chi connectivity index (χ2n) is 4.98. The maximum atomic E-state index is 11.8. The van der Waals surface area contributed by atoms with E-state index in [0.29, 0.717) is 11.8 Å². The van der Waals surface area contributed by atoms with Crippen LogP contribution in [0.5, 0.6) is 0 Å². The molecule has 3 atom stereocenters. The number of amides is 1. The van der Waals surface area contributed by atoms with Gasteiger partial charge in [-0.15, -0.1) is 0 Å². The normalized spacial score (nSPS) is 31.5. The Balaban J connectivity index is 2.66. The molecule has 0 aromatic rings. The smallest absolute Gasteiger partial charge is 0.230 e. The van der Waals surface area contributed by atoms with Crippen molar-refractivity contribution in [2.75, 3.05) is 6.54 Å². The van der Waals surface area contributed by atoms with E-state index in [1.807, 2.05) is 4.90 Å². The first-order valence-electron chi connectivity index (χ1n) is 5.70. The molecule has 0 saturated carbocycles. The fourth-order valence-electron chi connectivity index (χ4n) is 2.36. The monoisotopic (exact) mass is 211 g/mol. The lowest BCUT2D eigenvalue weighted by molar-refractivity contribution is -0.139. The van der Waals surface area contributed by atoms with E-state index in [9.17, 15) is 9.59 Å².